The highest BCUT2D eigenvalue weighted by Crippen LogP contribution is 2.36. The van der Waals surface area contributed by atoms with Crippen molar-refractivity contribution in [2.24, 2.45) is 12.0 Å². The van der Waals surface area contributed by atoms with Gasteiger partial charge < -0.3 is 10.1 Å². The van der Waals surface area contributed by atoms with Crippen LogP contribution in [-0.4, -0.2) is 41.4 Å². The van der Waals surface area contributed by atoms with Crippen LogP contribution in [0.4, 0.5) is 23.4 Å². The van der Waals surface area contributed by atoms with Gasteiger partial charge in [-0.25, -0.2) is 9.38 Å². The summed E-state index contributed by atoms with van der Waals surface area (Å²) in [5.74, 6) is -2.63. The van der Waals surface area contributed by atoms with Gasteiger partial charge in [-0.1, -0.05) is 6.07 Å². The third kappa shape index (κ3) is 3.65. The molecule has 1 unspecified atom stereocenters. The van der Waals surface area contributed by atoms with Crippen molar-refractivity contribution in [3.8, 4) is 0 Å². The Morgan fingerprint density at radius 3 is 2.72 bits per heavy atom. The Kier molecular flexibility index (Phi) is 5.26. The van der Waals surface area contributed by atoms with E-state index in [1.807, 2.05) is 0 Å². The molecule has 154 valence electrons. The molecule has 1 aromatic heterocycles. The van der Waals surface area contributed by atoms with E-state index in [0.29, 0.717) is 12.1 Å². The summed E-state index contributed by atoms with van der Waals surface area (Å²) >= 11 is 0. The van der Waals surface area contributed by atoms with Gasteiger partial charge in [0.1, 0.15) is 23.5 Å². The van der Waals surface area contributed by atoms with Crippen LogP contribution in [0.3, 0.4) is 0 Å². The Bertz CT molecular complexity index is 986. The lowest BCUT2D eigenvalue weighted by molar-refractivity contribution is -0.137. The van der Waals surface area contributed by atoms with E-state index in [4.69, 9.17) is 4.74 Å². The molecule has 2 aromatic rings. The van der Waals surface area contributed by atoms with Crippen LogP contribution in [0.25, 0.3) is 0 Å². The van der Waals surface area contributed by atoms with Crippen molar-refractivity contribution < 1.29 is 31.9 Å². The Morgan fingerprint density at radius 1 is 1.41 bits per heavy atom. The monoisotopic (exact) mass is 412 g/mol. The number of benzene rings is 1. The van der Waals surface area contributed by atoms with Crippen LogP contribution in [0.5, 0.6) is 0 Å². The molecule has 3 rings (SSSR count). The molecule has 7 nitrogen and oxygen atoms in total. The number of aliphatic imine (C=N–C) groups is 1. The summed E-state index contributed by atoms with van der Waals surface area (Å²) in [5, 5.41) is 6.36. The van der Waals surface area contributed by atoms with E-state index < -0.39 is 41.4 Å². The zero-order chi connectivity index (χ0) is 21.4. The predicted molar refractivity (Wildman–Crippen MR) is 93.4 cm³/mol. The number of ether oxygens (including phenoxy) is 1. The maximum atomic E-state index is 14.7. The zero-order valence-electron chi connectivity index (χ0n) is 15.2. The number of alkyl halides is 3. The number of halogens is 4. The molecule has 1 aliphatic rings. The lowest BCUT2D eigenvalue weighted by Crippen LogP contribution is -2.56. The average Bonchev–Trinajstić information content (AvgIpc) is 3.03. The summed E-state index contributed by atoms with van der Waals surface area (Å²) in [6.07, 6.45) is -3.72. The van der Waals surface area contributed by atoms with Crippen molar-refractivity contribution in [3.63, 3.8) is 0 Å². The molecular formula is C18H16F4N4O3. The van der Waals surface area contributed by atoms with E-state index in [1.54, 1.807) is 0 Å². The van der Waals surface area contributed by atoms with Gasteiger partial charge in [-0.3, -0.25) is 14.3 Å². The number of aryl methyl sites for hydroxylation is 1. The number of rotatable bonds is 4. The summed E-state index contributed by atoms with van der Waals surface area (Å²) in [5.41, 5.74) is -3.49. The zero-order valence-corrected chi connectivity index (χ0v) is 15.2. The summed E-state index contributed by atoms with van der Waals surface area (Å²) in [7, 11) is 1.52. The Balaban J connectivity index is 2.07. The average molecular weight is 412 g/mol. The van der Waals surface area contributed by atoms with Crippen molar-refractivity contribution in [3.05, 3.63) is 46.9 Å². The fourth-order valence-corrected chi connectivity index (χ4v) is 3.21. The first kappa shape index (κ1) is 20.6. The van der Waals surface area contributed by atoms with Gasteiger partial charge in [-0.15, -0.1) is 0 Å². The molecule has 1 aromatic carbocycles. The summed E-state index contributed by atoms with van der Waals surface area (Å²) in [6.45, 7) is 2.91. The second-order valence-corrected chi connectivity index (χ2v) is 6.44. The summed E-state index contributed by atoms with van der Waals surface area (Å²) in [4.78, 5) is 29.2. The highest BCUT2D eigenvalue weighted by molar-refractivity contribution is 6.03. The van der Waals surface area contributed by atoms with Crippen molar-refractivity contribution in [1.82, 2.24) is 15.1 Å². The van der Waals surface area contributed by atoms with E-state index in [0.717, 1.165) is 6.07 Å². The van der Waals surface area contributed by atoms with Gasteiger partial charge in [-0.2, -0.15) is 18.3 Å². The number of ketones is 1. The van der Waals surface area contributed by atoms with Crippen molar-refractivity contribution in [1.29, 1.82) is 0 Å². The highest BCUT2D eigenvalue weighted by Gasteiger charge is 2.46. The maximum Gasteiger partial charge on any atom is 0.416 e. The molecule has 0 saturated carbocycles. The van der Waals surface area contributed by atoms with Crippen LogP contribution < -0.4 is 5.32 Å². The van der Waals surface area contributed by atoms with Crippen LogP contribution in [0, 0.1) is 5.82 Å². The molecule has 0 spiro atoms. The Hall–Kier alpha value is -3.08. The summed E-state index contributed by atoms with van der Waals surface area (Å²) in [6, 6.07) is 1.82. The molecular weight excluding hydrogens is 396 g/mol. The molecule has 1 aliphatic heterocycles. The van der Waals surface area contributed by atoms with Crippen LogP contribution >= 0.6 is 0 Å². The predicted octanol–water partition coefficient (Wildman–Crippen LogP) is 2.52. The van der Waals surface area contributed by atoms with Crippen LogP contribution in [0.15, 0.2) is 29.4 Å². The number of amides is 1. The molecule has 1 atom stereocenters. The lowest BCUT2D eigenvalue weighted by Gasteiger charge is -2.37. The van der Waals surface area contributed by atoms with Gasteiger partial charge in [0.2, 0.25) is 0 Å². The number of nitrogens with zero attached hydrogens (tertiary/aromatic N) is 3. The van der Waals surface area contributed by atoms with Gasteiger partial charge in [0, 0.05) is 19.0 Å². The second-order valence-electron chi connectivity index (χ2n) is 6.44. The second kappa shape index (κ2) is 7.39. The number of aromatic nitrogens is 2. The van der Waals surface area contributed by atoms with Gasteiger partial charge in [0.25, 0.3) is 5.91 Å². The fourth-order valence-electron chi connectivity index (χ4n) is 3.21. The van der Waals surface area contributed by atoms with Gasteiger partial charge in [-0.05, 0) is 18.9 Å². The summed E-state index contributed by atoms with van der Waals surface area (Å²) < 4.78 is 59.7. The number of carbonyl (C=O) groups is 2. The van der Waals surface area contributed by atoms with Crippen molar-refractivity contribution in [2.45, 2.75) is 18.1 Å². The third-order valence-electron chi connectivity index (χ3n) is 4.72. The SMILES string of the molecule is C=Nc1c(C(=O)NC2(c3ccc(C(F)(F)F)cc3F)CCOCC2=O)cnn1C. The first-order valence-corrected chi connectivity index (χ1v) is 8.39. The molecule has 1 fully saturated rings. The molecule has 29 heavy (non-hydrogen) atoms. The molecule has 2 heterocycles. The normalized spacial score (nSPS) is 19.8. The van der Waals surface area contributed by atoms with E-state index in [-0.39, 0.29) is 30.0 Å². The first-order valence-electron chi connectivity index (χ1n) is 8.39. The van der Waals surface area contributed by atoms with Crippen molar-refractivity contribution >= 4 is 24.2 Å². The Morgan fingerprint density at radius 2 is 2.14 bits per heavy atom. The minimum absolute atomic E-state index is 0.00785. The Labute approximate surface area is 162 Å². The number of Topliss-reactive ketones (excluding diaryl/α,β-unsaturated/α-hetero) is 1. The van der Waals surface area contributed by atoms with Gasteiger partial charge >= 0.3 is 6.18 Å². The molecule has 0 aliphatic carbocycles. The fraction of sp³-hybridized carbons (Fsp3) is 0.333. The molecule has 1 N–H and O–H groups in total. The minimum Gasteiger partial charge on any atom is -0.373 e. The standard InChI is InChI=1S/C18H16F4N4O3/c1-23-15-11(8-24-26(15)2)16(28)25-17(5-6-29-9-14(17)27)12-4-3-10(7-13(12)19)18(20,21)22/h3-4,7-8H,1,5-6,9H2,2H3,(H,25,28). The number of nitrogens with one attached hydrogen (secondary N) is 1. The lowest BCUT2D eigenvalue weighted by atomic mass is 9.80. The number of carbonyl (C=O) groups excluding carboxylic acids is 2. The van der Waals surface area contributed by atoms with E-state index in [9.17, 15) is 27.2 Å². The maximum absolute atomic E-state index is 14.7. The van der Waals surface area contributed by atoms with E-state index in [2.05, 4.69) is 22.1 Å². The van der Waals surface area contributed by atoms with Gasteiger partial charge in [0.15, 0.2) is 11.6 Å². The van der Waals surface area contributed by atoms with Crippen LogP contribution in [0.1, 0.15) is 27.9 Å². The highest BCUT2D eigenvalue weighted by atomic mass is 19.4. The molecule has 0 radical (unpaired) electrons. The largest absolute Gasteiger partial charge is 0.416 e. The number of hydrogen-bond acceptors (Lipinski definition) is 5. The minimum atomic E-state index is -4.75. The molecule has 0 bridgehead atoms. The van der Waals surface area contributed by atoms with Crippen molar-refractivity contribution in [2.75, 3.05) is 13.2 Å². The van der Waals surface area contributed by atoms with E-state index >= 15 is 0 Å². The topological polar surface area (TPSA) is 85.6 Å². The van der Waals surface area contributed by atoms with Crippen LogP contribution in [0.2, 0.25) is 0 Å². The molecule has 1 amide bonds. The first-order chi connectivity index (χ1) is 13.6. The quantitative estimate of drug-likeness (QED) is 0.618. The molecule has 11 heteroatoms. The van der Waals surface area contributed by atoms with Crippen LogP contribution in [-0.2, 0) is 28.3 Å². The number of hydrogen-bond donors (Lipinski definition) is 1. The van der Waals surface area contributed by atoms with E-state index in [1.165, 1.54) is 17.9 Å². The molecule has 1 saturated heterocycles. The third-order valence-corrected chi connectivity index (χ3v) is 4.72. The smallest absolute Gasteiger partial charge is 0.373 e. The van der Waals surface area contributed by atoms with Gasteiger partial charge in [0.05, 0.1) is 18.4 Å².